The van der Waals surface area contributed by atoms with Crippen LogP contribution in [-0.4, -0.2) is 26.6 Å². The summed E-state index contributed by atoms with van der Waals surface area (Å²) >= 11 is 0. The smallest absolute Gasteiger partial charge is 0.489 e. The Labute approximate surface area is 144 Å². The average molecular weight is 355 g/mol. The zero-order chi connectivity index (χ0) is 18.1. The van der Waals surface area contributed by atoms with Crippen LogP contribution >= 0.6 is 0 Å². The molecule has 2 aromatic carbocycles. The summed E-state index contributed by atoms with van der Waals surface area (Å²) in [6, 6.07) is 13.6. The van der Waals surface area contributed by atoms with E-state index < -0.39 is 6.36 Å². The van der Waals surface area contributed by atoms with Crippen LogP contribution < -0.4 is 14.8 Å². The van der Waals surface area contributed by atoms with Crippen molar-refractivity contribution < 1.29 is 27.4 Å². The molecular weight excluding hydrogens is 335 g/mol. The van der Waals surface area contributed by atoms with Crippen LogP contribution in [0.25, 0.3) is 0 Å². The maximum atomic E-state index is 12.5. The molecule has 0 saturated carbocycles. The van der Waals surface area contributed by atoms with Crippen molar-refractivity contribution in [3.63, 3.8) is 0 Å². The van der Waals surface area contributed by atoms with Crippen molar-refractivity contribution in [3.8, 4) is 11.5 Å². The van der Waals surface area contributed by atoms with E-state index in [-0.39, 0.29) is 12.4 Å². The van der Waals surface area contributed by atoms with Crippen molar-refractivity contribution in [3.05, 3.63) is 59.7 Å². The fourth-order valence-electron chi connectivity index (χ4n) is 2.16. The van der Waals surface area contributed by atoms with E-state index in [0.29, 0.717) is 31.0 Å². The second kappa shape index (κ2) is 9.29. The van der Waals surface area contributed by atoms with Crippen LogP contribution in [0.15, 0.2) is 48.5 Å². The number of ether oxygens (including phenoxy) is 3. The molecule has 0 aliphatic carbocycles. The lowest BCUT2D eigenvalue weighted by Gasteiger charge is -2.14. The molecule has 0 aliphatic rings. The van der Waals surface area contributed by atoms with E-state index in [9.17, 15) is 13.2 Å². The molecule has 2 rings (SSSR count). The topological polar surface area (TPSA) is 39.7 Å². The van der Waals surface area contributed by atoms with E-state index in [0.717, 1.165) is 5.56 Å². The second-order valence-corrected chi connectivity index (χ2v) is 5.30. The van der Waals surface area contributed by atoms with Gasteiger partial charge in [0.1, 0.15) is 18.1 Å². The van der Waals surface area contributed by atoms with Gasteiger partial charge in [0.05, 0.1) is 6.61 Å². The van der Waals surface area contributed by atoms with Gasteiger partial charge in [0.2, 0.25) is 0 Å². The van der Waals surface area contributed by atoms with Crippen molar-refractivity contribution in [2.24, 2.45) is 0 Å². The Kier molecular flexibility index (Phi) is 7.09. The minimum absolute atomic E-state index is 0.257. The molecule has 0 aromatic heterocycles. The third-order valence-corrected chi connectivity index (χ3v) is 3.23. The summed E-state index contributed by atoms with van der Waals surface area (Å²) in [5, 5.41) is 3.08. The van der Waals surface area contributed by atoms with E-state index in [1.165, 1.54) is 12.1 Å². The minimum atomic E-state index is -4.75. The van der Waals surface area contributed by atoms with Crippen LogP contribution in [-0.2, 0) is 17.9 Å². The first-order valence-corrected chi connectivity index (χ1v) is 7.72. The fraction of sp³-hybridized carbons (Fsp3) is 0.333. The molecule has 0 saturated heterocycles. The molecule has 7 heteroatoms. The van der Waals surface area contributed by atoms with Gasteiger partial charge < -0.3 is 19.5 Å². The summed E-state index contributed by atoms with van der Waals surface area (Å²) in [7, 11) is 1.58. The minimum Gasteiger partial charge on any atom is -0.489 e. The Morgan fingerprint density at radius 1 is 0.960 bits per heavy atom. The fourth-order valence-corrected chi connectivity index (χ4v) is 2.16. The van der Waals surface area contributed by atoms with Crippen LogP contribution in [0.2, 0.25) is 0 Å². The van der Waals surface area contributed by atoms with E-state index in [4.69, 9.17) is 9.47 Å². The van der Waals surface area contributed by atoms with Crippen LogP contribution in [0.5, 0.6) is 11.5 Å². The highest BCUT2D eigenvalue weighted by atomic mass is 19.4. The van der Waals surface area contributed by atoms with Gasteiger partial charge in [0.25, 0.3) is 0 Å². The van der Waals surface area contributed by atoms with E-state index in [1.807, 2.05) is 30.3 Å². The van der Waals surface area contributed by atoms with Crippen molar-refractivity contribution in [2.75, 3.05) is 20.3 Å². The molecule has 1 N–H and O–H groups in total. The normalized spacial score (nSPS) is 11.4. The summed E-state index contributed by atoms with van der Waals surface area (Å²) in [5.41, 5.74) is 1.55. The average Bonchev–Trinajstić information content (AvgIpc) is 2.56. The molecule has 0 fully saturated rings. The Bertz CT molecular complexity index is 648. The van der Waals surface area contributed by atoms with E-state index in [2.05, 4.69) is 10.1 Å². The summed E-state index contributed by atoms with van der Waals surface area (Å²) in [6.07, 6.45) is -4.75. The monoisotopic (exact) mass is 355 g/mol. The van der Waals surface area contributed by atoms with Crippen LogP contribution in [0, 0.1) is 0 Å². The number of rotatable bonds is 9. The zero-order valence-electron chi connectivity index (χ0n) is 13.8. The maximum absolute atomic E-state index is 12.5. The molecule has 25 heavy (non-hydrogen) atoms. The summed E-state index contributed by atoms with van der Waals surface area (Å²) in [5.74, 6) is 0.00995. The number of hydrogen-bond acceptors (Lipinski definition) is 4. The first-order chi connectivity index (χ1) is 12.0. The first kappa shape index (κ1) is 19.1. The second-order valence-electron chi connectivity index (χ2n) is 5.30. The largest absolute Gasteiger partial charge is 0.573 e. The van der Waals surface area contributed by atoms with Gasteiger partial charge in [-0.05, 0) is 23.3 Å². The lowest BCUT2D eigenvalue weighted by Crippen LogP contribution is -2.19. The standard InChI is InChI=1S/C18H20F3NO3/c1-23-8-7-22-12-15-9-16(11-17(10-15)25-18(19,20)21)24-13-14-5-3-2-4-6-14/h2-6,9-11,22H,7-8,12-13H2,1H3. The van der Waals surface area contributed by atoms with Gasteiger partial charge in [0.15, 0.2) is 0 Å². The molecule has 136 valence electrons. The number of nitrogens with one attached hydrogen (secondary N) is 1. The quantitative estimate of drug-likeness (QED) is 0.693. The number of halogens is 3. The molecule has 0 heterocycles. The summed E-state index contributed by atoms with van der Waals surface area (Å²) in [4.78, 5) is 0. The number of hydrogen-bond donors (Lipinski definition) is 1. The Hall–Kier alpha value is -2.25. The molecule has 0 radical (unpaired) electrons. The van der Waals surface area contributed by atoms with E-state index in [1.54, 1.807) is 13.2 Å². The number of benzene rings is 2. The molecule has 0 unspecified atom stereocenters. The molecule has 0 aliphatic heterocycles. The molecule has 0 spiro atoms. The van der Waals surface area contributed by atoms with Gasteiger partial charge in [-0.3, -0.25) is 0 Å². The Morgan fingerprint density at radius 2 is 1.68 bits per heavy atom. The lowest BCUT2D eigenvalue weighted by molar-refractivity contribution is -0.274. The highest BCUT2D eigenvalue weighted by Crippen LogP contribution is 2.28. The number of alkyl halides is 3. The summed E-state index contributed by atoms with van der Waals surface area (Å²) < 4.78 is 52.1. The first-order valence-electron chi connectivity index (χ1n) is 7.72. The predicted octanol–water partition coefficient (Wildman–Crippen LogP) is 3.90. The highest BCUT2D eigenvalue weighted by molar-refractivity contribution is 5.38. The molecule has 0 atom stereocenters. The summed E-state index contributed by atoms with van der Waals surface area (Å²) in [6.45, 7) is 1.73. The van der Waals surface area contributed by atoms with Crippen molar-refractivity contribution >= 4 is 0 Å². The maximum Gasteiger partial charge on any atom is 0.573 e. The lowest BCUT2D eigenvalue weighted by atomic mass is 10.2. The van der Waals surface area contributed by atoms with E-state index >= 15 is 0 Å². The predicted molar refractivity (Wildman–Crippen MR) is 87.5 cm³/mol. The highest BCUT2D eigenvalue weighted by Gasteiger charge is 2.31. The molecule has 0 amide bonds. The van der Waals surface area contributed by atoms with Gasteiger partial charge >= 0.3 is 6.36 Å². The molecule has 0 bridgehead atoms. The van der Waals surface area contributed by atoms with Crippen LogP contribution in [0.1, 0.15) is 11.1 Å². The third-order valence-electron chi connectivity index (χ3n) is 3.23. The molecular formula is C18H20F3NO3. The zero-order valence-corrected chi connectivity index (χ0v) is 13.8. The van der Waals surface area contributed by atoms with Crippen molar-refractivity contribution in [2.45, 2.75) is 19.5 Å². The van der Waals surface area contributed by atoms with Crippen molar-refractivity contribution in [1.29, 1.82) is 0 Å². The molecule has 4 nitrogen and oxygen atoms in total. The van der Waals surface area contributed by atoms with Crippen LogP contribution in [0.3, 0.4) is 0 Å². The van der Waals surface area contributed by atoms with Gasteiger partial charge in [-0.1, -0.05) is 30.3 Å². The Balaban J connectivity index is 2.08. The van der Waals surface area contributed by atoms with Gasteiger partial charge in [-0.15, -0.1) is 13.2 Å². The van der Waals surface area contributed by atoms with Crippen LogP contribution in [0.4, 0.5) is 13.2 Å². The van der Waals surface area contributed by atoms with Crippen molar-refractivity contribution in [1.82, 2.24) is 5.32 Å². The third kappa shape index (κ3) is 7.45. The Morgan fingerprint density at radius 3 is 2.36 bits per heavy atom. The van der Waals surface area contributed by atoms with Gasteiger partial charge in [-0.25, -0.2) is 0 Å². The SMILES string of the molecule is COCCNCc1cc(OCc2ccccc2)cc(OC(F)(F)F)c1. The van der Waals surface area contributed by atoms with Gasteiger partial charge in [0, 0.05) is 26.3 Å². The van der Waals surface area contributed by atoms with Gasteiger partial charge in [-0.2, -0.15) is 0 Å². The molecule has 2 aromatic rings. The number of methoxy groups -OCH3 is 1.